The van der Waals surface area contributed by atoms with Gasteiger partial charge in [-0.1, -0.05) is 0 Å². The van der Waals surface area contributed by atoms with Gasteiger partial charge in [0, 0.05) is 0 Å². The third-order valence-electron chi connectivity index (χ3n) is 4.94. The van der Waals surface area contributed by atoms with Gasteiger partial charge < -0.3 is 0 Å². The molecule has 8 nitrogen and oxygen atoms in total. The summed E-state index contributed by atoms with van der Waals surface area (Å²) in [6.07, 6.45) is 2.15. The van der Waals surface area contributed by atoms with Crippen LogP contribution in [0.3, 0.4) is 0 Å². The average Bonchev–Trinajstić information content (AvgIpc) is 3.24. The predicted octanol–water partition coefficient (Wildman–Crippen LogP) is -3.32. The van der Waals surface area contributed by atoms with E-state index in [-0.39, 0.29) is 72.0 Å². The number of methoxy groups -OCH3 is 1. The third-order valence-corrected chi connectivity index (χ3v) is 10.6. The maximum atomic E-state index is 11.5. The van der Waals surface area contributed by atoms with Crippen LogP contribution < -0.4 is 53.3 Å². The van der Waals surface area contributed by atoms with E-state index in [1.165, 1.54) is 0 Å². The number of ether oxygens (including phenoxy) is 1. The van der Waals surface area contributed by atoms with E-state index in [4.69, 9.17) is 16.3 Å². The fourth-order valence-electron chi connectivity index (χ4n) is 3.52. The molecular formula is C21H18ClN2NaO6SSe2. The minimum Gasteiger partial charge on any atom is 1.00 e. The first-order chi connectivity index (χ1) is 15.6. The van der Waals surface area contributed by atoms with Crippen molar-refractivity contribution in [2.45, 2.75) is 13.0 Å². The van der Waals surface area contributed by atoms with E-state index in [1.54, 1.807) is 11.7 Å². The fourth-order valence-corrected chi connectivity index (χ4v) is 9.13. The molecule has 174 valence electrons. The predicted molar refractivity (Wildman–Crippen MR) is 124 cm³/mol. The molecule has 3 aromatic rings. The fraction of sp³-hybridized carbons (Fsp3) is 0.238. The molecule has 0 aliphatic carbocycles. The number of carboxylic acids is 1. The van der Waals surface area contributed by atoms with Gasteiger partial charge in [0.05, 0.1) is 0 Å². The van der Waals surface area contributed by atoms with Crippen molar-refractivity contribution in [3.8, 4) is 5.75 Å². The van der Waals surface area contributed by atoms with Gasteiger partial charge in [-0.05, 0) is 0 Å². The first-order valence-corrected chi connectivity index (χ1v) is 15.1. The Morgan fingerprint density at radius 3 is 2.71 bits per heavy atom. The van der Waals surface area contributed by atoms with Crippen LogP contribution in [0.1, 0.15) is 11.0 Å². The maximum absolute atomic E-state index is 11.5. The Morgan fingerprint density at radius 2 is 2.03 bits per heavy atom. The zero-order valence-corrected chi connectivity index (χ0v) is 25.3. The quantitative estimate of drug-likeness (QED) is 0.144. The number of hydrogen-bond donors (Lipinski definition) is 0. The number of benzene rings is 2. The SMILES string of the molecule is COc1ccc2[se]c(C=C3[Se]c4ccc(Cl)cc4N3CCCS(=O)(=O)[O-])[n+](CC(=O)[O-])c2c1.[Na+]. The largest absolute Gasteiger partial charge is 1.00 e. The average molecular weight is 643 g/mol. The van der Waals surface area contributed by atoms with Crippen LogP contribution in [0.2, 0.25) is 5.02 Å². The van der Waals surface area contributed by atoms with Crippen molar-refractivity contribution >= 4 is 83.2 Å². The van der Waals surface area contributed by atoms with Crippen LogP contribution in [-0.2, 0) is 21.5 Å². The molecule has 0 saturated heterocycles. The van der Waals surface area contributed by atoms with E-state index >= 15 is 0 Å². The van der Waals surface area contributed by atoms with Crippen molar-refractivity contribution in [3.05, 3.63) is 50.6 Å². The zero-order chi connectivity index (χ0) is 23.8. The first-order valence-electron chi connectivity index (χ1n) is 9.75. The molecule has 4 rings (SSSR count). The standard InChI is InChI=1S/C21H19ClN2O6SSe2.Na/c1-30-14-4-6-18-16(10-14)24(12-21(25)26)20(33-18)11-19-23(7-2-8-31(27,28)29)15-9-13(22)3-5-17(15)32-19;/h3-6,9-11H,2,7-8,12H2,1H3,(H-,25,26,27,28,29);/q;+1/p-1. The molecule has 0 saturated carbocycles. The van der Waals surface area contributed by atoms with Gasteiger partial charge in [0.2, 0.25) is 0 Å². The third kappa shape index (κ3) is 6.47. The van der Waals surface area contributed by atoms with Gasteiger partial charge >= 0.3 is 238 Å². The number of carbonyl (C=O) groups is 1. The van der Waals surface area contributed by atoms with E-state index < -0.39 is 21.8 Å². The van der Waals surface area contributed by atoms with Crippen LogP contribution in [0.15, 0.2) is 41.0 Å². The van der Waals surface area contributed by atoms with Crippen LogP contribution in [0.25, 0.3) is 15.9 Å². The second-order valence-corrected chi connectivity index (χ2v) is 13.6. The van der Waals surface area contributed by atoms with Crippen molar-refractivity contribution in [2.24, 2.45) is 0 Å². The van der Waals surface area contributed by atoms with Crippen LogP contribution in [0, 0.1) is 0 Å². The topological polar surface area (TPSA) is 114 Å². The summed E-state index contributed by atoms with van der Waals surface area (Å²) >= 11 is 5.96. The number of rotatable bonds is 8. The van der Waals surface area contributed by atoms with E-state index in [0.717, 1.165) is 29.1 Å². The van der Waals surface area contributed by atoms with Crippen molar-refractivity contribution in [1.29, 1.82) is 0 Å². The Hall–Kier alpha value is -0.841. The number of hydrogen-bond acceptors (Lipinski definition) is 7. The number of carboxylic acid groups (broad SMARTS) is 1. The molecule has 0 spiro atoms. The molecular weight excluding hydrogens is 625 g/mol. The number of aromatic nitrogens is 1. The summed E-state index contributed by atoms with van der Waals surface area (Å²) in [5, 5.41) is 12.1. The summed E-state index contributed by atoms with van der Waals surface area (Å²) in [5.74, 6) is -1.02. The van der Waals surface area contributed by atoms with Crippen LogP contribution in [-0.4, -0.2) is 67.8 Å². The molecule has 0 bridgehead atoms. The summed E-state index contributed by atoms with van der Waals surface area (Å²) in [7, 11) is -2.76. The Balaban J connectivity index is 0.00000324. The van der Waals surface area contributed by atoms with Gasteiger partial charge in [-0.2, -0.15) is 0 Å². The second kappa shape index (κ2) is 11.5. The van der Waals surface area contributed by atoms with E-state index in [0.29, 0.717) is 17.3 Å². The smallest absolute Gasteiger partial charge is 1.00 e. The molecule has 0 atom stereocenters. The van der Waals surface area contributed by atoms with Crippen molar-refractivity contribution in [2.75, 3.05) is 24.3 Å². The van der Waals surface area contributed by atoms with Gasteiger partial charge in [-0.15, -0.1) is 0 Å². The molecule has 0 N–H and O–H groups in total. The van der Waals surface area contributed by atoms with Crippen LogP contribution >= 0.6 is 11.6 Å². The Labute approximate surface area is 236 Å². The molecule has 34 heavy (non-hydrogen) atoms. The summed E-state index contributed by atoms with van der Waals surface area (Å²) in [6, 6.07) is 11.2. The number of fused-ring (bicyclic) bond motifs is 2. The summed E-state index contributed by atoms with van der Waals surface area (Å²) in [6.45, 7) is 0.0468. The molecule has 1 aliphatic heterocycles. The summed E-state index contributed by atoms with van der Waals surface area (Å²) in [4.78, 5) is 13.5. The van der Waals surface area contributed by atoms with Gasteiger partial charge in [0.15, 0.2) is 0 Å². The zero-order valence-electron chi connectivity index (χ0n) is 18.3. The summed E-state index contributed by atoms with van der Waals surface area (Å²) in [5.41, 5.74) is 1.66. The van der Waals surface area contributed by atoms with Crippen molar-refractivity contribution < 1.29 is 61.7 Å². The van der Waals surface area contributed by atoms with Gasteiger partial charge in [0.25, 0.3) is 0 Å². The molecule has 1 aliphatic rings. The maximum Gasteiger partial charge on any atom is 1.00 e. The molecule has 0 unspecified atom stereocenters. The number of aliphatic carboxylic acids is 1. The Kier molecular flexibility index (Phi) is 9.36. The molecule has 2 heterocycles. The van der Waals surface area contributed by atoms with Gasteiger partial charge in [-0.25, -0.2) is 0 Å². The summed E-state index contributed by atoms with van der Waals surface area (Å²) < 4.78 is 44.3. The number of carbonyl (C=O) groups excluding carboxylic acids is 1. The molecule has 2 aromatic carbocycles. The van der Waals surface area contributed by atoms with Gasteiger partial charge in [0.1, 0.15) is 0 Å². The molecule has 13 heteroatoms. The molecule has 0 radical (unpaired) electrons. The second-order valence-electron chi connectivity index (χ2n) is 7.20. The number of anilines is 1. The normalized spacial score (nSPS) is 14.3. The molecule has 0 fully saturated rings. The Bertz CT molecular complexity index is 1380. The first kappa shape index (κ1) is 27.7. The number of halogens is 1. The number of nitrogens with zero attached hydrogens (tertiary/aromatic N) is 2. The van der Waals surface area contributed by atoms with E-state index in [9.17, 15) is 22.9 Å². The van der Waals surface area contributed by atoms with Crippen LogP contribution in [0.5, 0.6) is 5.75 Å². The van der Waals surface area contributed by atoms with E-state index in [2.05, 4.69) is 0 Å². The molecule has 1 aromatic heterocycles. The minimum atomic E-state index is -4.32. The minimum absolute atomic E-state index is 0. The Morgan fingerprint density at radius 1 is 1.26 bits per heavy atom. The van der Waals surface area contributed by atoms with Crippen molar-refractivity contribution in [3.63, 3.8) is 0 Å². The van der Waals surface area contributed by atoms with E-state index in [1.807, 2.05) is 47.4 Å². The monoisotopic (exact) mass is 644 g/mol. The van der Waals surface area contributed by atoms with Gasteiger partial charge in [-0.3, -0.25) is 0 Å². The van der Waals surface area contributed by atoms with Crippen LogP contribution in [0.4, 0.5) is 5.69 Å². The molecule has 0 amide bonds. The van der Waals surface area contributed by atoms with Crippen molar-refractivity contribution in [1.82, 2.24) is 0 Å².